The largest absolute Gasteiger partial charge is 0.508 e. The van der Waals surface area contributed by atoms with E-state index in [1.165, 1.54) is 0 Å². The normalized spacial score (nSPS) is 16.5. The molecule has 0 bridgehead atoms. The lowest BCUT2D eigenvalue weighted by Crippen LogP contribution is -2.36. The number of hydrogen-bond donors (Lipinski definition) is 3. The lowest BCUT2D eigenvalue weighted by atomic mass is 9.98. The Kier molecular flexibility index (Phi) is 4.20. The summed E-state index contributed by atoms with van der Waals surface area (Å²) in [6.45, 7) is 4.54. The molecule has 0 aliphatic carbocycles. The zero-order valence-electron chi connectivity index (χ0n) is 10.7. The third-order valence-corrected chi connectivity index (χ3v) is 3.56. The Bertz CT molecular complexity index is 426. The third kappa shape index (κ3) is 3.01. The SMILES string of the molecule is Cc1c(O)cccc1C(=O)NCC1CCNCC1. The van der Waals surface area contributed by atoms with Crippen LogP contribution in [-0.2, 0) is 0 Å². The van der Waals surface area contributed by atoms with Crippen molar-refractivity contribution in [2.45, 2.75) is 19.8 Å². The average molecular weight is 248 g/mol. The van der Waals surface area contributed by atoms with E-state index in [1.807, 2.05) is 0 Å². The van der Waals surface area contributed by atoms with Gasteiger partial charge in [0, 0.05) is 17.7 Å². The molecule has 0 unspecified atom stereocenters. The molecule has 0 aromatic heterocycles. The van der Waals surface area contributed by atoms with E-state index in [-0.39, 0.29) is 11.7 Å². The van der Waals surface area contributed by atoms with Crippen LogP contribution in [0, 0.1) is 12.8 Å². The summed E-state index contributed by atoms with van der Waals surface area (Å²) in [5, 5.41) is 15.8. The van der Waals surface area contributed by atoms with Gasteiger partial charge in [-0.05, 0) is 50.9 Å². The number of piperidine rings is 1. The van der Waals surface area contributed by atoms with Crippen LogP contribution in [0.25, 0.3) is 0 Å². The number of rotatable bonds is 3. The van der Waals surface area contributed by atoms with Gasteiger partial charge in [-0.3, -0.25) is 4.79 Å². The van der Waals surface area contributed by atoms with Gasteiger partial charge in [-0.2, -0.15) is 0 Å². The van der Waals surface area contributed by atoms with Crippen LogP contribution in [0.4, 0.5) is 0 Å². The number of benzene rings is 1. The van der Waals surface area contributed by atoms with Crippen molar-refractivity contribution >= 4 is 5.91 Å². The van der Waals surface area contributed by atoms with E-state index in [0.717, 1.165) is 32.5 Å². The summed E-state index contributed by atoms with van der Waals surface area (Å²) in [5.41, 5.74) is 1.20. The zero-order chi connectivity index (χ0) is 13.0. The van der Waals surface area contributed by atoms with Crippen molar-refractivity contribution in [2.24, 2.45) is 5.92 Å². The Hall–Kier alpha value is -1.55. The van der Waals surface area contributed by atoms with Crippen molar-refractivity contribution in [2.75, 3.05) is 19.6 Å². The number of carbonyl (C=O) groups excluding carboxylic acids is 1. The van der Waals surface area contributed by atoms with Gasteiger partial charge in [0.1, 0.15) is 5.75 Å². The summed E-state index contributed by atoms with van der Waals surface area (Å²) in [5.74, 6) is 0.638. The lowest BCUT2D eigenvalue weighted by Gasteiger charge is -2.22. The van der Waals surface area contributed by atoms with Crippen LogP contribution in [0.3, 0.4) is 0 Å². The highest BCUT2D eigenvalue weighted by molar-refractivity contribution is 5.96. The maximum Gasteiger partial charge on any atom is 0.251 e. The highest BCUT2D eigenvalue weighted by Gasteiger charge is 2.16. The molecule has 4 nitrogen and oxygen atoms in total. The molecule has 1 aliphatic rings. The lowest BCUT2D eigenvalue weighted by molar-refractivity contribution is 0.0943. The van der Waals surface area contributed by atoms with Gasteiger partial charge < -0.3 is 15.7 Å². The van der Waals surface area contributed by atoms with E-state index in [9.17, 15) is 9.90 Å². The highest BCUT2D eigenvalue weighted by atomic mass is 16.3. The van der Waals surface area contributed by atoms with Crippen molar-refractivity contribution in [3.63, 3.8) is 0 Å². The standard InChI is InChI=1S/C14H20N2O2/c1-10-12(3-2-4-13(10)17)14(18)16-9-11-5-7-15-8-6-11/h2-4,11,15,17H,5-9H2,1H3,(H,16,18). The molecular formula is C14H20N2O2. The summed E-state index contributed by atoms with van der Waals surface area (Å²) in [4.78, 5) is 12.0. The molecule has 1 aromatic rings. The minimum absolute atomic E-state index is 0.0954. The molecule has 0 atom stereocenters. The van der Waals surface area contributed by atoms with Crippen molar-refractivity contribution in [1.29, 1.82) is 0 Å². The number of phenols is 1. The molecule has 3 N–H and O–H groups in total. The van der Waals surface area contributed by atoms with Crippen LogP contribution >= 0.6 is 0 Å². The van der Waals surface area contributed by atoms with Gasteiger partial charge >= 0.3 is 0 Å². The van der Waals surface area contributed by atoms with E-state index in [0.29, 0.717) is 17.0 Å². The second kappa shape index (κ2) is 5.87. The predicted molar refractivity (Wildman–Crippen MR) is 70.8 cm³/mol. The van der Waals surface area contributed by atoms with Crippen LogP contribution in [0.2, 0.25) is 0 Å². The first-order valence-electron chi connectivity index (χ1n) is 6.46. The molecule has 0 spiro atoms. The summed E-state index contributed by atoms with van der Waals surface area (Å²) >= 11 is 0. The zero-order valence-corrected chi connectivity index (χ0v) is 10.7. The molecular weight excluding hydrogens is 228 g/mol. The number of amides is 1. The van der Waals surface area contributed by atoms with Gasteiger partial charge in [-0.1, -0.05) is 6.07 Å². The molecule has 18 heavy (non-hydrogen) atoms. The Labute approximate surface area is 107 Å². The molecule has 1 heterocycles. The smallest absolute Gasteiger partial charge is 0.251 e. The van der Waals surface area contributed by atoms with Crippen LogP contribution in [0.5, 0.6) is 5.75 Å². The number of nitrogens with one attached hydrogen (secondary N) is 2. The highest BCUT2D eigenvalue weighted by Crippen LogP contribution is 2.19. The summed E-state index contributed by atoms with van der Waals surface area (Å²) < 4.78 is 0. The molecule has 1 fully saturated rings. The van der Waals surface area contributed by atoms with E-state index in [2.05, 4.69) is 10.6 Å². The fourth-order valence-corrected chi connectivity index (χ4v) is 2.29. The van der Waals surface area contributed by atoms with Crippen molar-refractivity contribution < 1.29 is 9.90 Å². The second-order valence-electron chi connectivity index (χ2n) is 4.85. The Morgan fingerprint density at radius 1 is 1.44 bits per heavy atom. The summed E-state index contributed by atoms with van der Waals surface area (Å²) in [7, 11) is 0. The number of phenolic OH excluding ortho intramolecular Hbond substituents is 1. The van der Waals surface area contributed by atoms with Crippen LogP contribution < -0.4 is 10.6 Å². The molecule has 1 amide bonds. The van der Waals surface area contributed by atoms with Crippen molar-refractivity contribution in [1.82, 2.24) is 10.6 Å². The first kappa shape index (κ1) is 12.9. The first-order valence-corrected chi connectivity index (χ1v) is 6.46. The fourth-order valence-electron chi connectivity index (χ4n) is 2.29. The van der Waals surface area contributed by atoms with Crippen LogP contribution in [0.15, 0.2) is 18.2 Å². The maximum atomic E-state index is 12.0. The molecule has 98 valence electrons. The Balaban J connectivity index is 1.93. The predicted octanol–water partition coefficient (Wildman–Crippen LogP) is 1.43. The van der Waals surface area contributed by atoms with E-state index in [1.54, 1.807) is 25.1 Å². The van der Waals surface area contributed by atoms with Crippen LogP contribution in [0.1, 0.15) is 28.8 Å². The summed E-state index contributed by atoms with van der Waals surface area (Å²) in [6.07, 6.45) is 2.22. The van der Waals surface area contributed by atoms with E-state index in [4.69, 9.17) is 0 Å². The number of aromatic hydroxyl groups is 1. The molecule has 1 saturated heterocycles. The van der Waals surface area contributed by atoms with Crippen LogP contribution in [-0.4, -0.2) is 30.6 Å². The summed E-state index contributed by atoms with van der Waals surface area (Å²) in [6, 6.07) is 5.04. The second-order valence-corrected chi connectivity index (χ2v) is 4.85. The van der Waals surface area contributed by atoms with Gasteiger partial charge in [0.25, 0.3) is 5.91 Å². The average Bonchev–Trinajstić information content (AvgIpc) is 2.40. The fraction of sp³-hybridized carbons (Fsp3) is 0.500. The molecule has 0 radical (unpaired) electrons. The Morgan fingerprint density at radius 3 is 2.89 bits per heavy atom. The van der Waals surface area contributed by atoms with Gasteiger partial charge in [0.15, 0.2) is 0 Å². The van der Waals surface area contributed by atoms with Gasteiger partial charge in [0.05, 0.1) is 0 Å². The minimum atomic E-state index is -0.0954. The molecule has 1 aromatic carbocycles. The van der Waals surface area contributed by atoms with Gasteiger partial charge in [-0.15, -0.1) is 0 Å². The molecule has 0 saturated carbocycles. The topological polar surface area (TPSA) is 61.4 Å². The Morgan fingerprint density at radius 2 is 2.17 bits per heavy atom. The van der Waals surface area contributed by atoms with E-state index < -0.39 is 0 Å². The van der Waals surface area contributed by atoms with Gasteiger partial charge in [0.2, 0.25) is 0 Å². The molecule has 1 aliphatic heterocycles. The van der Waals surface area contributed by atoms with Crippen molar-refractivity contribution in [3.05, 3.63) is 29.3 Å². The quantitative estimate of drug-likeness (QED) is 0.758. The number of hydrogen-bond acceptors (Lipinski definition) is 3. The molecule has 2 rings (SSSR count). The van der Waals surface area contributed by atoms with Crippen molar-refractivity contribution in [3.8, 4) is 5.75 Å². The third-order valence-electron chi connectivity index (χ3n) is 3.56. The minimum Gasteiger partial charge on any atom is -0.508 e. The monoisotopic (exact) mass is 248 g/mol. The number of carbonyl (C=O) groups is 1. The van der Waals surface area contributed by atoms with E-state index >= 15 is 0 Å². The van der Waals surface area contributed by atoms with Gasteiger partial charge in [-0.25, -0.2) is 0 Å². The molecule has 4 heteroatoms. The first-order chi connectivity index (χ1) is 8.68. The maximum absolute atomic E-state index is 12.0.